The van der Waals surface area contributed by atoms with E-state index in [1.54, 1.807) is 76.7 Å². The lowest BCUT2D eigenvalue weighted by Gasteiger charge is -2.34. The Morgan fingerprint density at radius 1 is 0.698 bits per heavy atom. The fourth-order valence-corrected chi connectivity index (χ4v) is 6.21. The van der Waals surface area contributed by atoms with Gasteiger partial charge in [-0.3, -0.25) is 14.5 Å². The third-order valence-electron chi connectivity index (χ3n) is 7.26. The molecule has 2 heterocycles. The van der Waals surface area contributed by atoms with Crippen LogP contribution in [-0.2, 0) is 10.0 Å². The topological polar surface area (TPSA) is 109 Å². The lowest BCUT2D eigenvalue weighted by molar-refractivity contribution is 0.0633. The number of sulfonamides is 1. The smallest absolute Gasteiger partial charge is 0.410 e. The third kappa shape index (κ3) is 6.19. The monoisotopic (exact) mass is 592 g/mol. The number of benzene rings is 4. The van der Waals surface area contributed by atoms with Gasteiger partial charge >= 0.3 is 6.09 Å². The fourth-order valence-electron chi connectivity index (χ4n) is 4.97. The number of ether oxygens (including phenoxy) is 1. The van der Waals surface area contributed by atoms with E-state index in [0.717, 1.165) is 16.5 Å². The number of amides is 2. The van der Waals surface area contributed by atoms with Gasteiger partial charge in [-0.2, -0.15) is 0 Å². The van der Waals surface area contributed by atoms with Gasteiger partial charge in [0.15, 0.2) is 0 Å². The molecule has 0 atom stereocenters. The quantitative estimate of drug-likeness (QED) is 0.273. The van der Waals surface area contributed by atoms with Crippen LogP contribution >= 0.6 is 0 Å². The molecule has 1 aliphatic heterocycles. The number of fused-ring (bicyclic) bond motifs is 1. The van der Waals surface area contributed by atoms with Crippen molar-refractivity contribution >= 4 is 38.6 Å². The van der Waals surface area contributed by atoms with E-state index in [2.05, 4.69) is 9.71 Å². The van der Waals surface area contributed by atoms with Gasteiger partial charge in [0, 0.05) is 49.0 Å². The second-order valence-corrected chi connectivity index (χ2v) is 11.7. The van der Waals surface area contributed by atoms with Crippen LogP contribution in [0, 0.1) is 0 Å². The molecule has 1 aliphatic rings. The molecule has 0 saturated carbocycles. The minimum absolute atomic E-state index is 0.0753. The number of hydrogen-bond donors (Lipinski definition) is 1. The maximum absolute atomic E-state index is 13.1. The molecule has 6 rings (SSSR count). The van der Waals surface area contributed by atoms with Gasteiger partial charge in [0.1, 0.15) is 10.6 Å². The molecular formula is C33H28N4O5S. The molecule has 1 aromatic heterocycles. The molecule has 0 radical (unpaired) electrons. The molecule has 4 aromatic carbocycles. The number of piperazine rings is 1. The van der Waals surface area contributed by atoms with Crippen LogP contribution in [0.1, 0.15) is 10.4 Å². The maximum Gasteiger partial charge on any atom is 0.415 e. The van der Waals surface area contributed by atoms with E-state index >= 15 is 0 Å². The molecule has 1 fully saturated rings. The van der Waals surface area contributed by atoms with E-state index in [0.29, 0.717) is 48.7 Å². The first-order valence-electron chi connectivity index (χ1n) is 13.8. The summed E-state index contributed by atoms with van der Waals surface area (Å²) in [6.45, 7) is 1.37. The van der Waals surface area contributed by atoms with Gasteiger partial charge in [0.2, 0.25) is 0 Å². The Balaban J connectivity index is 1.03. The minimum atomic E-state index is -3.90. The molecule has 0 aliphatic carbocycles. The van der Waals surface area contributed by atoms with Gasteiger partial charge in [-0.05, 0) is 59.7 Å². The highest BCUT2D eigenvalue weighted by Crippen LogP contribution is 2.25. The Morgan fingerprint density at radius 3 is 2.07 bits per heavy atom. The molecule has 216 valence electrons. The summed E-state index contributed by atoms with van der Waals surface area (Å²) in [5.41, 5.74) is 3.24. The number of nitrogens with one attached hydrogen (secondary N) is 1. The number of aromatic nitrogens is 1. The standard InChI is InChI=1S/C33H28N4O5S/c38-32(27-11-15-28(16-12-27)35-43(40,41)30-10-4-8-26-9-5-19-34-31(26)30)36-20-22-37(23-21-36)33(39)42-29-17-13-25(14-18-29)24-6-2-1-3-7-24/h1-19,35H,20-23H2. The van der Waals surface area contributed by atoms with Crippen LogP contribution < -0.4 is 9.46 Å². The molecule has 1 N–H and O–H groups in total. The lowest BCUT2D eigenvalue weighted by atomic mass is 10.1. The van der Waals surface area contributed by atoms with E-state index in [4.69, 9.17) is 4.74 Å². The minimum Gasteiger partial charge on any atom is -0.410 e. The number of nitrogens with zero attached hydrogens (tertiary/aromatic N) is 3. The Hall–Kier alpha value is -5.22. The average Bonchev–Trinajstić information content (AvgIpc) is 3.05. The summed E-state index contributed by atoms with van der Waals surface area (Å²) in [5, 5.41) is 0.720. The molecule has 0 spiro atoms. The number of anilines is 1. The molecule has 0 unspecified atom stereocenters. The van der Waals surface area contributed by atoms with Gasteiger partial charge in [0.05, 0.1) is 5.52 Å². The van der Waals surface area contributed by atoms with Crippen molar-refractivity contribution in [2.75, 3.05) is 30.9 Å². The molecule has 10 heteroatoms. The molecule has 0 bridgehead atoms. The van der Waals surface area contributed by atoms with Crippen molar-refractivity contribution in [2.45, 2.75) is 4.90 Å². The second kappa shape index (κ2) is 11.9. The van der Waals surface area contributed by atoms with Crippen LogP contribution in [0.3, 0.4) is 0 Å². The van der Waals surface area contributed by atoms with Crippen molar-refractivity contribution in [2.24, 2.45) is 0 Å². The van der Waals surface area contributed by atoms with Crippen LogP contribution in [-0.4, -0.2) is 61.4 Å². The normalized spacial score (nSPS) is 13.5. The van der Waals surface area contributed by atoms with Crippen molar-refractivity contribution in [1.29, 1.82) is 0 Å². The first-order valence-corrected chi connectivity index (χ1v) is 15.2. The summed E-state index contributed by atoms with van der Waals surface area (Å²) in [6.07, 6.45) is 1.09. The summed E-state index contributed by atoms with van der Waals surface area (Å²) in [4.78, 5) is 33.4. The Morgan fingerprint density at radius 2 is 1.35 bits per heavy atom. The Bertz CT molecular complexity index is 1870. The van der Waals surface area contributed by atoms with Gasteiger partial charge < -0.3 is 14.5 Å². The van der Waals surface area contributed by atoms with Gasteiger partial charge in [-0.1, -0.05) is 60.7 Å². The van der Waals surface area contributed by atoms with E-state index in [1.807, 2.05) is 42.5 Å². The Labute approximate surface area is 249 Å². The molecular weight excluding hydrogens is 564 g/mol. The highest BCUT2D eigenvalue weighted by molar-refractivity contribution is 7.93. The largest absolute Gasteiger partial charge is 0.415 e. The average molecular weight is 593 g/mol. The highest BCUT2D eigenvalue weighted by Gasteiger charge is 2.26. The SMILES string of the molecule is O=C(Oc1ccc(-c2ccccc2)cc1)N1CCN(C(=O)c2ccc(NS(=O)(=O)c3cccc4cccnc34)cc2)CC1. The molecule has 2 amide bonds. The van der Waals surface area contributed by atoms with Crippen LogP contribution in [0.25, 0.3) is 22.0 Å². The molecule has 43 heavy (non-hydrogen) atoms. The maximum atomic E-state index is 13.1. The van der Waals surface area contributed by atoms with Crippen LogP contribution in [0.4, 0.5) is 10.5 Å². The van der Waals surface area contributed by atoms with Crippen molar-refractivity contribution in [3.63, 3.8) is 0 Å². The van der Waals surface area contributed by atoms with E-state index < -0.39 is 16.1 Å². The number of rotatable bonds is 6. The van der Waals surface area contributed by atoms with Crippen molar-refractivity contribution < 1.29 is 22.7 Å². The zero-order valence-electron chi connectivity index (χ0n) is 23.1. The molecule has 9 nitrogen and oxygen atoms in total. The van der Waals surface area contributed by atoms with E-state index in [-0.39, 0.29) is 10.8 Å². The number of para-hydroxylation sites is 1. The summed E-state index contributed by atoms with van der Waals surface area (Å²) >= 11 is 0. The Kier molecular flexibility index (Phi) is 7.76. The van der Waals surface area contributed by atoms with E-state index in [1.165, 1.54) is 6.07 Å². The van der Waals surface area contributed by atoms with Gasteiger partial charge in [-0.15, -0.1) is 0 Å². The lowest BCUT2D eigenvalue weighted by Crippen LogP contribution is -2.51. The summed E-state index contributed by atoms with van der Waals surface area (Å²) in [5.74, 6) is 0.257. The first kappa shape index (κ1) is 27.9. The highest BCUT2D eigenvalue weighted by atomic mass is 32.2. The zero-order chi connectivity index (χ0) is 29.8. The first-order chi connectivity index (χ1) is 20.9. The van der Waals surface area contributed by atoms with Crippen LogP contribution in [0.5, 0.6) is 5.75 Å². The van der Waals surface area contributed by atoms with Crippen LogP contribution in [0.15, 0.2) is 120 Å². The van der Waals surface area contributed by atoms with Gasteiger partial charge in [0.25, 0.3) is 15.9 Å². The van der Waals surface area contributed by atoms with Crippen molar-refractivity contribution in [3.8, 4) is 16.9 Å². The van der Waals surface area contributed by atoms with Crippen molar-refractivity contribution in [3.05, 3.63) is 121 Å². The molecule has 1 saturated heterocycles. The number of pyridine rings is 1. The van der Waals surface area contributed by atoms with Gasteiger partial charge in [-0.25, -0.2) is 13.2 Å². The molecule has 5 aromatic rings. The summed E-state index contributed by atoms with van der Waals surface area (Å²) in [6, 6.07) is 32.1. The predicted octanol–water partition coefficient (Wildman–Crippen LogP) is 5.66. The van der Waals surface area contributed by atoms with E-state index in [9.17, 15) is 18.0 Å². The number of carbonyl (C=O) groups excluding carboxylic acids is 2. The summed E-state index contributed by atoms with van der Waals surface area (Å²) < 4.78 is 34.3. The van der Waals surface area contributed by atoms with Crippen molar-refractivity contribution in [1.82, 2.24) is 14.8 Å². The predicted molar refractivity (Wildman–Crippen MR) is 164 cm³/mol. The zero-order valence-corrected chi connectivity index (χ0v) is 23.9. The number of hydrogen-bond acceptors (Lipinski definition) is 6. The third-order valence-corrected chi connectivity index (χ3v) is 8.67. The van der Waals surface area contributed by atoms with Crippen LogP contribution in [0.2, 0.25) is 0 Å². The summed E-state index contributed by atoms with van der Waals surface area (Å²) in [7, 11) is -3.90. The number of carbonyl (C=O) groups is 2. The fraction of sp³-hybridized carbons (Fsp3) is 0.121. The second-order valence-electron chi connectivity index (χ2n) is 10.1.